The lowest BCUT2D eigenvalue weighted by molar-refractivity contribution is -0.122. The maximum absolute atomic E-state index is 13.3. The van der Waals surface area contributed by atoms with Gasteiger partial charge in [0.2, 0.25) is 0 Å². The summed E-state index contributed by atoms with van der Waals surface area (Å²) >= 11 is 0. The molecule has 0 unspecified atom stereocenters. The number of anilines is 2. The van der Waals surface area contributed by atoms with Crippen LogP contribution in [-0.2, 0) is 9.59 Å². The molecule has 2 aromatic carbocycles. The standard InChI is InChI=1S/C25H27N3O5/c1-15-8-7-9-19(16(15)2)28-24(30)18(23(29)26-25(28)31)12-17-13-22(33-4)20(14-21(17)32-3)27-10-5-6-11-27/h7-9,12-14H,5-6,10-11H2,1-4H3,(H,26,29,31)/b18-12+. The van der Waals surface area contributed by atoms with Gasteiger partial charge in [-0.25, -0.2) is 9.69 Å². The van der Waals surface area contributed by atoms with Crippen molar-refractivity contribution in [1.82, 2.24) is 5.32 Å². The summed E-state index contributed by atoms with van der Waals surface area (Å²) in [5.41, 5.74) is 3.39. The number of hydrogen-bond acceptors (Lipinski definition) is 6. The predicted octanol–water partition coefficient (Wildman–Crippen LogP) is 3.59. The number of nitrogens with zero attached hydrogens (tertiary/aromatic N) is 2. The third-order valence-corrected chi connectivity index (χ3v) is 6.20. The van der Waals surface area contributed by atoms with Crippen LogP contribution in [0.2, 0.25) is 0 Å². The number of carbonyl (C=O) groups is 3. The summed E-state index contributed by atoms with van der Waals surface area (Å²) in [6.07, 6.45) is 3.65. The molecular weight excluding hydrogens is 422 g/mol. The van der Waals surface area contributed by atoms with Gasteiger partial charge in [0.05, 0.1) is 25.6 Å². The van der Waals surface area contributed by atoms with Crippen molar-refractivity contribution in [1.29, 1.82) is 0 Å². The normalized spacial score (nSPS) is 17.6. The Hall–Kier alpha value is -3.81. The van der Waals surface area contributed by atoms with Gasteiger partial charge in [-0.1, -0.05) is 12.1 Å². The van der Waals surface area contributed by atoms with E-state index < -0.39 is 17.8 Å². The molecule has 4 amide bonds. The predicted molar refractivity (Wildman–Crippen MR) is 126 cm³/mol. The van der Waals surface area contributed by atoms with Crippen LogP contribution < -0.4 is 24.6 Å². The molecule has 4 rings (SSSR count). The third-order valence-electron chi connectivity index (χ3n) is 6.20. The number of benzene rings is 2. The van der Waals surface area contributed by atoms with E-state index in [2.05, 4.69) is 10.2 Å². The molecular formula is C25H27N3O5. The fourth-order valence-electron chi connectivity index (χ4n) is 4.23. The molecule has 2 saturated heterocycles. The Morgan fingerprint density at radius 2 is 1.64 bits per heavy atom. The number of carbonyl (C=O) groups excluding carboxylic acids is 3. The molecule has 8 heteroatoms. The molecule has 2 aromatic rings. The summed E-state index contributed by atoms with van der Waals surface area (Å²) in [6.45, 7) is 5.57. The van der Waals surface area contributed by atoms with Crippen molar-refractivity contribution in [3.63, 3.8) is 0 Å². The quantitative estimate of drug-likeness (QED) is 0.555. The smallest absolute Gasteiger partial charge is 0.335 e. The number of urea groups is 1. The number of nitrogens with one attached hydrogen (secondary N) is 1. The first-order valence-electron chi connectivity index (χ1n) is 10.8. The molecule has 2 heterocycles. The van der Waals surface area contributed by atoms with E-state index in [0.717, 1.165) is 47.6 Å². The van der Waals surface area contributed by atoms with E-state index in [9.17, 15) is 14.4 Å². The number of hydrogen-bond donors (Lipinski definition) is 1. The van der Waals surface area contributed by atoms with Crippen LogP contribution in [0.1, 0.15) is 29.5 Å². The summed E-state index contributed by atoms with van der Waals surface area (Å²) in [6, 6.07) is 8.18. The lowest BCUT2D eigenvalue weighted by Crippen LogP contribution is -2.54. The van der Waals surface area contributed by atoms with Crippen LogP contribution in [0, 0.1) is 13.8 Å². The third kappa shape index (κ3) is 4.04. The van der Waals surface area contributed by atoms with Crippen LogP contribution >= 0.6 is 0 Å². The topological polar surface area (TPSA) is 88.2 Å². The van der Waals surface area contributed by atoms with Gasteiger partial charge in [0.15, 0.2) is 0 Å². The van der Waals surface area contributed by atoms with Crippen molar-refractivity contribution in [3.05, 3.63) is 52.6 Å². The number of rotatable bonds is 5. The van der Waals surface area contributed by atoms with Crippen LogP contribution in [0.15, 0.2) is 35.9 Å². The SMILES string of the molecule is COc1cc(N2CCCC2)c(OC)cc1/C=C1\C(=O)NC(=O)N(c2cccc(C)c2C)C1=O. The first kappa shape index (κ1) is 22.4. The molecule has 0 radical (unpaired) electrons. The Morgan fingerprint density at radius 1 is 0.939 bits per heavy atom. The lowest BCUT2D eigenvalue weighted by atomic mass is 10.0. The number of ether oxygens (including phenoxy) is 2. The molecule has 8 nitrogen and oxygen atoms in total. The van der Waals surface area contributed by atoms with Crippen LogP contribution in [0.25, 0.3) is 6.08 Å². The zero-order chi connectivity index (χ0) is 23.7. The highest BCUT2D eigenvalue weighted by Gasteiger charge is 2.37. The van der Waals surface area contributed by atoms with E-state index >= 15 is 0 Å². The maximum Gasteiger partial charge on any atom is 0.335 e. The van der Waals surface area contributed by atoms with Crippen molar-refractivity contribution < 1.29 is 23.9 Å². The van der Waals surface area contributed by atoms with Gasteiger partial charge in [-0.15, -0.1) is 0 Å². The van der Waals surface area contributed by atoms with Crippen molar-refractivity contribution >= 4 is 35.3 Å². The van der Waals surface area contributed by atoms with Crippen LogP contribution in [-0.4, -0.2) is 45.2 Å². The highest BCUT2D eigenvalue weighted by atomic mass is 16.5. The van der Waals surface area contributed by atoms with Crippen LogP contribution in [0.5, 0.6) is 11.5 Å². The van der Waals surface area contributed by atoms with E-state index in [1.54, 1.807) is 25.3 Å². The average Bonchev–Trinajstić information content (AvgIpc) is 3.33. The molecule has 0 aliphatic carbocycles. The Labute approximate surface area is 192 Å². The summed E-state index contributed by atoms with van der Waals surface area (Å²) in [4.78, 5) is 41.8. The zero-order valence-electron chi connectivity index (χ0n) is 19.2. The first-order valence-corrected chi connectivity index (χ1v) is 10.8. The molecule has 1 N–H and O–H groups in total. The second kappa shape index (κ2) is 8.97. The monoisotopic (exact) mass is 449 g/mol. The minimum absolute atomic E-state index is 0.162. The number of barbiturate groups is 1. The highest BCUT2D eigenvalue weighted by Crippen LogP contribution is 2.38. The molecule has 0 aromatic heterocycles. The summed E-state index contributed by atoms with van der Waals surface area (Å²) in [5.74, 6) is -0.324. The van der Waals surface area contributed by atoms with E-state index in [-0.39, 0.29) is 5.57 Å². The fraction of sp³-hybridized carbons (Fsp3) is 0.320. The first-order chi connectivity index (χ1) is 15.8. The van der Waals surface area contributed by atoms with Gasteiger partial charge in [-0.3, -0.25) is 14.9 Å². The summed E-state index contributed by atoms with van der Waals surface area (Å²) in [5, 5.41) is 2.28. The molecule has 172 valence electrons. The van der Waals surface area contributed by atoms with Crippen LogP contribution in [0.4, 0.5) is 16.2 Å². The fourth-order valence-corrected chi connectivity index (χ4v) is 4.23. The van der Waals surface area contributed by atoms with E-state index in [1.807, 2.05) is 26.0 Å². The van der Waals surface area contributed by atoms with Crippen LogP contribution in [0.3, 0.4) is 0 Å². The van der Waals surface area contributed by atoms with E-state index in [4.69, 9.17) is 9.47 Å². The number of aryl methyl sites for hydroxylation is 1. The highest BCUT2D eigenvalue weighted by molar-refractivity contribution is 6.39. The van der Waals surface area contributed by atoms with Crippen molar-refractivity contribution in [2.24, 2.45) is 0 Å². The van der Waals surface area contributed by atoms with Gasteiger partial charge in [0.25, 0.3) is 11.8 Å². The van der Waals surface area contributed by atoms with Crippen molar-refractivity contribution in [3.8, 4) is 11.5 Å². The summed E-state index contributed by atoms with van der Waals surface area (Å²) < 4.78 is 11.2. The summed E-state index contributed by atoms with van der Waals surface area (Å²) in [7, 11) is 3.12. The lowest BCUT2D eigenvalue weighted by Gasteiger charge is -2.28. The second-order valence-corrected chi connectivity index (χ2v) is 8.14. The molecule has 2 aliphatic rings. The Morgan fingerprint density at radius 3 is 2.30 bits per heavy atom. The minimum atomic E-state index is -0.773. The molecule has 0 spiro atoms. The number of amides is 4. The Kier molecular flexibility index (Phi) is 6.09. The van der Waals surface area contributed by atoms with Gasteiger partial charge in [0, 0.05) is 24.7 Å². The van der Waals surface area contributed by atoms with Gasteiger partial charge < -0.3 is 14.4 Å². The van der Waals surface area contributed by atoms with Gasteiger partial charge in [0.1, 0.15) is 17.1 Å². The molecule has 2 aliphatic heterocycles. The molecule has 0 atom stereocenters. The average molecular weight is 450 g/mol. The molecule has 33 heavy (non-hydrogen) atoms. The van der Waals surface area contributed by atoms with E-state index in [0.29, 0.717) is 22.7 Å². The number of imide groups is 2. The Bertz CT molecular complexity index is 1160. The molecule has 0 bridgehead atoms. The minimum Gasteiger partial charge on any atom is -0.496 e. The van der Waals surface area contributed by atoms with Gasteiger partial charge in [-0.2, -0.15) is 0 Å². The van der Waals surface area contributed by atoms with Gasteiger partial charge in [-0.05, 0) is 56.0 Å². The number of methoxy groups -OCH3 is 2. The van der Waals surface area contributed by atoms with Crippen molar-refractivity contribution in [2.75, 3.05) is 37.1 Å². The largest absolute Gasteiger partial charge is 0.496 e. The maximum atomic E-state index is 13.3. The second-order valence-electron chi connectivity index (χ2n) is 8.14. The van der Waals surface area contributed by atoms with E-state index in [1.165, 1.54) is 13.2 Å². The molecule has 0 saturated carbocycles. The molecule has 2 fully saturated rings. The Balaban J connectivity index is 1.78. The van der Waals surface area contributed by atoms with Crippen molar-refractivity contribution in [2.45, 2.75) is 26.7 Å². The van der Waals surface area contributed by atoms with Gasteiger partial charge >= 0.3 is 6.03 Å². The zero-order valence-corrected chi connectivity index (χ0v) is 19.2.